The summed E-state index contributed by atoms with van der Waals surface area (Å²) in [5.74, 6) is 1.53. The van der Waals surface area contributed by atoms with Crippen LogP contribution in [0.15, 0.2) is 11.8 Å². The van der Waals surface area contributed by atoms with E-state index in [4.69, 9.17) is 9.47 Å². The summed E-state index contributed by atoms with van der Waals surface area (Å²) in [7, 11) is 1.77. The number of hydrogen-bond acceptors (Lipinski definition) is 3. The van der Waals surface area contributed by atoms with Crippen LogP contribution in [0.1, 0.15) is 27.2 Å². The van der Waals surface area contributed by atoms with Gasteiger partial charge < -0.3 is 14.8 Å². The molecule has 3 heteroatoms. The van der Waals surface area contributed by atoms with Crippen molar-refractivity contribution in [3.8, 4) is 0 Å². The first-order valence-electron chi connectivity index (χ1n) is 5.79. The molecule has 0 amide bonds. The van der Waals surface area contributed by atoms with Gasteiger partial charge in [0.15, 0.2) is 0 Å². The third-order valence-electron chi connectivity index (χ3n) is 2.72. The molecule has 1 rings (SSSR count). The van der Waals surface area contributed by atoms with Gasteiger partial charge in [0.05, 0.1) is 18.8 Å². The van der Waals surface area contributed by atoms with Crippen LogP contribution in [0, 0.1) is 5.92 Å². The molecular weight excluding hydrogens is 190 g/mol. The number of likely N-dealkylation sites (N-methyl/N-ethyl adjacent to an activating group) is 1. The molecule has 88 valence electrons. The van der Waals surface area contributed by atoms with Crippen LogP contribution in [0.2, 0.25) is 0 Å². The highest BCUT2D eigenvalue weighted by atomic mass is 16.5. The zero-order valence-electron chi connectivity index (χ0n) is 10.2. The molecule has 0 fully saturated rings. The Kier molecular flexibility index (Phi) is 5.12. The van der Waals surface area contributed by atoms with Crippen molar-refractivity contribution >= 4 is 0 Å². The summed E-state index contributed by atoms with van der Waals surface area (Å²) in [6.45, 7) is 8.20. The molecule has 1 aliphatic rings. The summed E-state index contributed by atoms with van der Waals surface area (Å²) < 4.78 is 11.2. The second-order valence-corrected chi connectivity index (χ2v) is 4.22. The molecule has 0 radical (unpaired) electrons. The zero-order chi connectivity index (χ0) is 11.3. The van der Waals surface area contributed by atoms with Crippen LogP contribution in [-0.4, -0.2) is 32.4 Å². The summed E-state index contributed by atoms with van der Waals surface area (Å²) >= 11 is 0. The van der Waals surface area contributed by atoms with E-state index in [1.54, 1.807) is 7.11 Å². The number of rotatable bonds is 6. The molecule has 2 atom stereocenters. The Bertz CT molecular complexity index is 214. The number of ether oxygens (including phenoxy) is 2. The predicted octanol–water partition coefficient (Wildman–Crippen LogP) is 1.94. The fourth-order valence-electron chi connectivity index (χ4n) is 2.05. The molecule has 3 nitrogen and oxygen atoms in total. The van der Waals surface area contributed by atoms with Crippen molar-refractivity contribution in [3.05, 3.63) is 11.8 Å². The van der Waals surface area contributed by atoms with Gasteiger partial charge in [-0.15, -0.1) is 0 Å². The third-order valence-corrected chi connectivity index (χ3v) is 2.72. The fraction of sp³-hybridized carbons (Fsp3) is 0.833. The standard InChI is InChI=1S/C12H23NO2/c1-5-13-11(10-7-6-8-15-10)12(14-4)9(2)3/h7,9,11-13H,5-6,8H2,1-4H3. The second kappa shape index (κ2) is 6.13. The minimum Gasteiger partial charge on any atom is -0.496 e. The Morgan fingerprint density at radius 2 is 2.27 bits per heavy atom. The summed E-state index contributed by atoms with van der Waals surface area (Å²) in [5, 5.41) is 3.44. The van der Waals surface area contributed by atoms with E-state index < -0.39 is 0 Å². The first kappa shape index (κ1) is 12.5. The molecule has 1 aliphatic heterocycles. The van der Waals surface area contributed by atoms with Gasteiger partial charge in [0, 0.05) is 13.5 Å². The lowest BCUT2D eigenvalue weighted by atomic mass is 9.97. The lowest BCUT2D eigenvalue weighted by molar-refractivity contribution is 0.0272. The number of methoxy groups -OCH3 is 1. The monoisotopic (exact) mass is 213 g/mol. The molecule has 1 heterocycles. The quantitative estimate of drug-likeness (QED) is 0.731. The third kappa shape index (κ3) is 3.21. The van der Waals surface area contributed by atoms with Gasteiger partial charge in [-0.3, -0.25) is 0 Å². The summed E-state index contributed by atoms with van der Waals surface area (Å²) in [6, 6.07) is 0.197. The average molecular weight is 213 g/mol. The van der Waals surface area contributed by atoms with Crippen LogP contribution in [-0.2, 0) is 9.47 Å². The van der Waals surface area contributed by atoms with Crippen LogP contribution >= 0.6 is 0 Å². The zero-order valence-corrected chi connectivity index (χ0v) is 10.2. The van der Waals surface area contributed by atoms with Crippen LogP contribution in [0.25, 0.3) is 0 Å². The van der Waals surface area contributed by atoms with E-state index in [9.17, 15) is 0 Å². The molecule has 0 aliphatic carbocycles. The van der Waals surface area contributed by atoms with E-state index in [2.05, 4.69) is 32.2 Å². The van der Waals surface area contributed by atoms with Crippen molar-refractivity contribution in [2.75, 3.05) is 20.3 Å². The molecule has 0 saturated heterocycles. The van der Waals surface area contributed by atoms with E-state index in [-0.39, 0.29) is 12.1 Å². The second-order valence-electron chi connectivity index (χ2n) is 4.22. The maximum Gasteiger partial charge on any atom is 0.112 e. The average Bonchev–Trinajstić information content (AvgIpc) is 2.69. The Hall–Kier alpha value is -0.540. The van der Waals surface area contributed by atoms with Gasteiger partial charge in [0.2, 0.25) is 0 Å². The SMILES string of the molecule is CCNC(C1=CCCO1)C(OC)C(C)C. The van der Waals surface area contributed by atoms with E-state index in [0.717, 1.165) is 25.3 Å². The van der Waals surface area contributed by atoms with Crippen molar-refractivity contribution in [2.24, 2.45) is 5.92 Å². The highest BCUT2D eigenvalue weighted by Gasteiger charge is 2.29. The summed E-state index contributed by atoms with van der Waals surface area (Å²) in [6.07, 6.45) is 3.36. The van der Waals surface area contributed by atoms with Crippen molar-refractivity contribution in [2.45, 2.75) is 39.3 Å². The van der Waals surface area contributed by atoms with Crippen LogP contribution in [0.4, 0.5) is 0 Å². The molecule has 0 saturated carbocycles. The van der Waals surface area contributed by atoms with Gasteiger partial charge >= 0.3 is 0 Å². The number of hydrogen-bond donors (Lipinski definition) is 1. The van der Waals surface area contributed by atoms with Crippen molar-refractivity contribution < 1.29 is 9.47 Å². The van der Waals surface area contributed by atoms with Gasteiger partial charge in [0.1, 0.15) is 5.76 Å². The molecule has 0 spiro atoms. The Morgan fingerprint density at radius 3 is 2.67 bits per heavy atom. The normalized spacial score (nSPS) is 19.9. The summed E-state index contributed by atoms with van der Waals surface area (Å²) in [5.41, 5.74) is 0. The van der Waals surface area contributed by atoms with Crippen molar-refractivity contribution in [1.29, 1.82) is 0 Å². The first-order valence-corrected chi connectivity index (χ1v) is 5.79. The van der Waals surface area contributed by atoms with E-state index in [1.165, 1.54) is 0 Å². The minimum atomic E-state index is 0.175. The molecule has 0 bridgehead atoms. The predicted molar refractivity (Wildman–Crippen MR) is 61.8 cm³/mol. The maximum absolute atomic E-state index is 5.62. The first-order chi connectivity index (χ1) is 7.20. The van der Waals surface area contributed by atoms with Crippen LogP contribution < -0.4 is 5.32 Å². The topological polar surface area (TPSA) is 30.5 Å². The molecule has 2 unspecified atom stereocenters. The molecule has 0 aromatic heterocycles. The molecule has 0 aromatic carbocycles. The lowest BCUT2D eigenvalue weighted by Crippen LogP contribution is -2.45. The Balaban J connectivity index is 2.70. The smallest absolute Gasteiger partial charge is 0.112 e. The largest absolute Gasteiger partial charge is 0.496 e. The highest BCUT2D eigenvalue weighted by molar-refractivity contribution is 5.10. The van der Waals surface area contributed by atoms with Gasteiger partial charge in [-0.2, -0.15) is 0 Å². The van der Waals surface area contributed by atoms with Gasteiger partial charge in [-0.05, 0) is 18.5 Å². The van der Waals surface area contributed by atoms with Gasteiger partial charge in [0.25, 0.3) is 0 Å². The Labute approximate surface area is 92.8 Å². The molecule has 1 N–H and O–H groups in total. The van der Waals surface area contributed by atoms with E-state index in [1.807, 2.05) is 0 Å². The van der Waals surface area contributed by atoms with Gasteiger partial charge in [-0.1, -0.05) is 20.8 Å². The van der Waals surface area contributed by atoms with Crippen molar-refractivity contribution in [3.63, 3.8) is 0 Å². The van der Waals surface area contributed by atoms with E-state index in [0.29, 0.717) is 5.92 Å². The minimum absolute atomic E-state index is 0.175. The van der Waals surface area contributed by atoms with E-state index >= 15 is 0 Å². The van der Waals surface area contributed by atoms with Crippen LogP contribution in [0.3, 0.4) is 0 Å². The number of nitrogens with one attached hydrogen (secondary N) is 1. The molecular formula is C12H23NO2. The summed E-state index contributed by atoms with van der Waals surface area (Å²) in [4.78, 5) is 0. The fourth-order valence-corrected chi connectivity index (χ4v) is 2.05. The molecule has 0 aromatic rings. The maximum atomic E-state index is 5.62. The Morgan fingerprint density at radius 1 is 1.53 bits per heavy atom. The molecule has 15 heavy (non-hydrogen) atoms. The lowest BCUT2D eigenvalue weighted by Gasteiger charge is -2.30. The van der Waals surface area contributed by atoms with Gasteiger partial charge in [-0.25, -0.2) is 0 Å². The highest BCUT2D eigenvalue weighted by Crippen LogP contribution is 2.21. The van der Waals surface area contributed by atoms with Crippen molar-refractivity contribution in [1.82, 2.24) is 5.32 Å². The van der Waals surface area contributed by atoms with Crippen LogP contribution in [0.5, 0.6) is 0 Å².